The summed E-state index contributed by atoms with van der Waals surface area (Å²) in [7, 11) is 0. The Morgan fingerprint density at radius 3 is 2.75 bits per heavy atom. The molecule has 1 aromatic heterocycles. The fourth-order valence-corrected chi connectivity index (χ4v) is 2.10. The fourth-order valence-electron chi connectivity index (χ4n) is 1.37. The molecule has 0 spiro atoms. The highest BCUT2D eigenvalue weighted by atomic mass is 32.1. The standard InChI is InChI=1S/C10H15F3N2S/c1-2-5-15-8(3-4-10(11,12)13)9-6-14-7-16-9/h6-8,15H,2-5H2,1H3. The molecular weight excluding hydrogens is 237 g/mol. The quantitative estimate of drug-likeness (QED) is 0.837. The number of aromatic nitrogens is 1. The molecule has 0 fully saturated rings. The SMILES string of the molecule is CCCNC(CCC(F)(F)F)c1cncs1. The van der Waals surface area contributed by atoms with Crippen molar-refractivity contribution in [1.82, 2.24) is 10.3 Å². The number of hydrogen-bond acceptors (Lipinski definition) is 3. The third kappa shape index (κ3) is 4.94. The zero-order valence-corrected chi connectivity index (χ0v) is 9.87. The Labute approximate surface area is 96.9 Å². The molecular formula is C10H15F3N2S. The van der Waals surface area contributed by atoms with Gasteiger partial charge in [-0.15, -0.1) is 11.3 Å². The van der Waals surface area contributed by atoms with Crippen LogP contribution in [0.5, 0.6) is 0 Å². The number of nitrogens with zero attached hydrogens (tertiary/aromatic N) is 1. The van der Waals surface area contributed by atoms with E-state index in [1.165, 1.54) is 11.3 Å². The first kappa shape index (κ1) is 13.4. The van der Waals surface area contributed by atoms with Crippen molar-refractivity contribution in [2.24, 2.45) is 0 Å². The van der Waals surface area contributed by atoms with Crippen LogP contribution in [0.15, 0.2) is 11.7 Å². The van der Waals surface area contributed by atoms with Gasteiger partial charge < -0.3 is 5.32 Å². The second kappa shape index (κ2) is 6.20. The lowest BCUT2D eigenvalue weighted by Gasteiger charge is -2.17. The minimum absolute atomic E-state index is 0.0751. The van der Waals surface area contributed by atoms with E-state index in [-0.39, 0.29) is 12.5 Å². The molecule has 0 aliphatic carbocycles. The Kier molecular flexibility index (Phi) is 5.21. The molecule has 1 N–H and O–H groups in total. The number of alkyl halides is 3. The molecule has 1 aromatic rings. The predicted octanol–water partition coefficient (Wildman–Crippen LogP) is 3.53. The molecule has 0 aliphatic heterocycles. The summed E-state index contributed by atoms with van der Waals surface area (Å²) in [6.45, 7) is 2.71. The van der Waals surface area contributed by atoms with Crippen molar-refractivity contribution in [3.8, 4) is 0 Å². The monoisotopic (exact) mass is 252 g/mol. The molecule has 92 valence electrons. The van der Waals surface area contributed by atoms with Crippen LogP contribution in [-0.2, 0) is 0 Å². The van der Waals surface area contributed by atoms with E-state index < -0.39 is 12.6 Å². The molecule has 16 heavy (non-hydrogen) atoms. The van der Waals surface area contributed by atoms with Gasteiger partial charge in [0, 0.05) is 23.5 Å². The van der Waals surface area contributed by atoms with Gasteiger partial charge in [0.25, 0.3) is 0 Å². The van der Waals surface area contributed by atoms with Gasteiger partial charge in [0.2, 0.25) is 0 Å². The van der Waals surface area contributed by atoms with Crippen molar-refractivity contribution >= 4 is 11.3 Å². The van der Waals surface area contributed by atoms with Crippen LogP contribution in [0.1, 0.15) is 37.1 Å². The van der Waals surface area contributed by atoms with Crippen LogP contribution in [0.4, 0.5) is 13.2 Å². The maximum absolute atomic E-state index is 12.1. The minimum atomic E-state index is -4.09. The molecule has 0 saturated heterocycles. The number of hydrogen-bond donors (Lipinski definition) is 1. The fraction of sp³-hybridized carbons (Fsp3) is 0.700. The lowest BCUT2D eigenvalue weighted by Crippen LogP contribution is -2.23. The van der Waals surface area contributed by atoms with Crippen molar-refractivity contribution in [3.05, 3.63) is 16.6 Å². The highest BCUT2D eigenvalue weighted by Crippen LogP contribution is 2.28. The first-order valence-electron chi connectivity index (χ1n) is 5.21. The summed E-state index contributed by atoms with van der Waals surface area (Å²) >= 11 is 1.39. The van der Waals surface area contributed by atoms with Crippen LogP contribution in [0.3, 0.4) is 0 Å². The van der Waals surface area contributed by atoms with E-state index in [1.807, 2.05) is 6.92 Å². The third-order valence-corrected chi connectivity index (χ3v) is 3.04. The van der Waals surface area contributed by atoms with Gasteiger partial charge in [-0.2, -0.15) is 13.2 Å². The van der Waals surface area contributed by atoms with Crippen LogP contribution in [0, 0.1) is 0 Å². The molecule has 0 bridgehead atoms. The lowest BCUT2D eigenvalue weighted by atomic mass is 10.1. The summed E-state index contributed by atoms with van der Waals surface area (Å²) in [4.78, 5) is 4.77. The van der Waals surface area contributed by atoms with Crippen LogP contribution < -0.4 is 5.32 Å². The van der Waals surface area contributed by atoms with Gasteiger partial charge in [-0.1, -0.05) is 6.92 Å². The van der Waals surface area contributed by atoms with Crippen molar-refractivity contribution in [3.63, 3.8) is 0 Å². The van der Waals surface area contributed by atoms with Crippen LogP contribution in [0.2, 0.25) is 0 Å². The summed E-state index contributed by atoms with van der Waals surface area (Å²) in [6.07, 6.45) is -2.23. The van der Waals surface area contributed by atoms with Gasteiger partial charge in [0.05, 0.1) is 5.51 Å². The average Bonchev–Trinajstić information content (AvgIpc) is 2.69. The summed E-state index contributed by atoms with van der Waals surface area (Å²) in [5, 5.41) is 3.11. The van der Waals surface area contributed by atoms with Gasteiger partial charge in [-0.3, -0.25) is 4.98 Å². The lowest BCUT2D eigenvalue weighted by molar-refractivity contribution is -0.136. The second-order valence-corrected chi connectivity index (χ2v) is 4.48. The number of thiazole rings is 1. The van der Waals surface area contributed by atoms with Crippen LogP contribution in [0.25, 0.3) is 0 Å². The minimum Gasteiger partial charge on any atom is -0.309 e. The Bertz CT molecular complexity index is 285. The maximum atomic E-state index is 12.1. The van der Waals surface area contributed by atoms with Gasteiger partial charge in [-0.25, -0.2) is 0 Å². The molecule has 1 rings (SSSR count). The zero-order chi connectivity index (χ0) is 12.0. The van der Waals surface area contributed by atoms with E-state index in [0.717, 1.165) is 17.8 Å². The van der Waals surface area contributed by atoms with Crippen LogP contribution in [-0.4, -0.2) is 17.7 Å². The van der Waals surface area contributed by atoms with Crippen LogP contribution >= 0.6 is 11.3 Å². The Hall–Kier alpha value is -0.620. The van der Waals surface area contributed by atoms with Crippen molar-refractivity contribution < 1.29 is 13.2 Å². The molecule has 0 radical (unpaired) electrons. The Balaban J connectivity index is 2.51. The first-order chi connectivity index (χ1) is 7.53. The van der Waals surface area contributed by atoms with E-state index >= 15 is 0 Å². The molecule has 0 aliphatic rings. The van der Waals surface area contributed by atoms with Gasteiger partial charge in [0.1, 0.15) is 0 Å². The summed E-state index contributed by atoms with van der Waals surface area (Å²) in [6, 6.07) is -0.228. The zero-order valence-electron chi connectivity index (χ0n) is 9.05. The molecule has 0 aromatic carbocycles. The highest BCUT2D eigenvalue weighted by Gasteiger charge is 2.28. The smallest absolute Gasteiger partial charge is 0.309 e. The first-order valence-corrected chi connectivity index (χ1v) is 6.09. The van der Waals surface area contributed by atoms with Crippen molar-refractivity contribution in [2.45, 2.75) is 38.4 Å². The number of rotatable bonds is 6. The highest BCUT2D eigenvalue weighted by molar-refractivity contribution is 7.09. The second-order valence-electron chi connectivity index (χ2n) is 3.56. The number of halogens is 3. The van der Waals surface area contributed by atoms with Crippen molar-refractivity contribution in [2.75, 3.05) is 6.54 Å². The van der Waals surface area contributed by atoms with Crippen molar-refractivity contribution in [1.29, 1.82) is 0 Å². The van der Waals surface area contributed by atoms with E-state index in [2.05, 4.69) is 10.3 Å². The molecule has 1 unspecified atom stereocenters. The van der Waals surface area contributed by atoms with Gasteiger partial charge in [-0.05, 0) is 19.4 Å². The Morgan fingerprint density at radius 2 is 2.25 bits per heavy atom. The third-order valence-electron chi connectivity index (χ3n) is 2.15. The molecule has 6 heteroatoms. The molecule has 0 saturated carbocycles. The predicted molar refractivity (Wildman–Crippen MR) is 58.4 cm³/mol. The summed E-state index contributed by atoms with van der Waals surface area (Å²) in [5.41, 5.74) is 1.64. The van der Waals surface area contributed by atoms with Gasteiger partial charge in [0.15, 0.2) is 0 Å². The van der Waals surface area contributed by atoms with Gasteiger partial charge >= 0.3 is 6.18 Å². The average molecular weight is 252 g/mol. The van der Waals surface area contributed by atoms with E-state index in [1.54, 1.807) is 11.7 Å². The topological polar surface area (TPSA) is 24.9 Å². The summed E-state index contributed by atoms with van der Waals surface area (Å²) < 4.78 is 36.4. The number of nitrogens with one attached hydrogen (secondary N) is 1. The van der Waals surface area contributed by atoms with E-state index in [9.17, 15) is 13.2 Å². The van der Waals surface area contributed by atoms with E-state index in [4.69, 9.17) is 0 Å². The molecule has 0 amide bonds. The Morgan fingerprint density at radius 1 is 1.50 bits per heavy atom. The molecule has 1 heterocycles. The maximum Gasteiger partial charge on any atom is 0.389 e. The molecule has 2 nitrogen and oxygen atoms in total. The van der Waals surface area contributed by atoms with E-state index in [0.29, 0.717) is 0 Å². The largest absolute Gasteiger partial charge is 0.389 e. The molecule has 1 atom stereocenters. The summed E-state index contributed by atoms with van der Waals surface area (Å²) in [5.74, 6) is 0. The normalized spacial score (nSPS) is 14.0.